The van der Waals surface area contributed by atoms with Crippen LogP contribution < -0.4 is 10.6 Å². The van der Waals surface area contributed by atoms with E-state index in [1.165, 1.54) is 6.20 Å². The molecule has 5 heterocycles. The largest absolute Gasteiger partial charge is 0.508 e. The molecule has 2 saturated heterocycles. The number of aromatic hydroxyl groups is 1. The molecule has 64 heavy (non-hydrogen) atoms. The van der Waals surface area contributed by atoms with Gasteiger partial charge in [0.15, 0.2) is 0 Å². The van der Waals surface area contributed by atoms with Crippen LogP contribution in [0.1, 0.15) is 27.0 Å². The van der Waals surface area contributed by atoms with Crippen LogP contribution in [0.5, 0.6) is 5.75 Å². The maximum absolute atomic E-state index is 14.8. The van der Waals surface area contributed by atoms with Gasteiger partial charge in [-0.15, -0.1) is 6.58 Å². The van der Waals surface area contributed by atoms with E-state index in [9.17, 15) is 24.3 Å². The molecule has 15 heteroatoms. The summed E-state index contributed by atoms with van der Waals surface area (Å²) in [6, 6.07) is 32.0. The van der Waals surface area contributed by atoms with Crippen LogP contribution in [0.4, 0.5) is 10.5 Å². The first-order valence-corrected chi connectivity index (χ1v) is 20.9. The van der Waals surface area contributed by atoms with Crippen LogP contribution in [0.3, 0.4) is 0 Å². The number of pyridine rings is 1. The third kappa shape index (κ3) is 8.31. The molecule has 0 unspecified atom stereocenters. The molecule has 2 atom stereocenters. The fourth-order valence-electron chi connectivity index (χ4n) is 8.67. The van der Waals surface area contributed by atoms with Crippen molar-refractivity contribution in [2.45, 2.75) is 31.7 Å². The molecule has 0 bridgehead atoms. The fraction of sp³-hybridized carbons (Fsp3) is 0.184. The van der Waals surface area contributed by atoms with Crippen molar-refractivity contribution in [3.05, 3.63) is 175 Å². The zero-order valence-electron chi connectivity index (χ0n) is 35.1. The van der Waals surface area contributed by atoms with Crippen molar-refractivity contribution in [3.63, 3.8) is 0 Å². The first kappa shape index (κ1) is 41.3. The molecule has 2 aliphatic heterocycles. The van der Waals surface area contributed by atoms with E-state index < -0.39 is 18.2 Å². The third-order valence-corrected chi connectivity index (χ3v) is 11.7. The number of carbonyl (C=O) groups is 4. The lowest BCUT2D eigenvalue weighted by atomic mass is 9.97. The van der Waals surface area contributed by atoms with Crippen molar-refractivity contribution < 1.29 is 24.3 Å². The van der Waals surface area contributed by atoms with Gasteiger partial charge in [0.1, 0.15) is 30.1 Å². The molecule has 0 radical (unpaired) electrons. The van der Waals surface area contributed by atoms with E-state index in [2.05, 4.69) is 33.4 Å². The number of urea groups is 1. The number of phenolic OH excluding ortho intramolecular Hbond substituents is 1. The Morgan fingerprint density at radius 1 is 0.922 bits per heavy atom. The molecule has 0 spiro atoms. The maximum atomic E-state index is 14.8. The van der Waals surface area contributed by atoms with Crippen LogP contribution in [0, 0.1) is 0 Å². The van der Waals surface area contributed by atoms with Crippen molar-refractivity contribution in [2.24, 2.45) is 7.05 Å². The van der Waals surface area contributed by atoms with E-state index in [1.807, 2.05) is 84.4 Å². The lowest BCUT2D eigenvalue weighted by Crippen LogP contribution is -2.76. The molecular weight excluding hydrogens is 809 g/mol. The van der Waals surface area contributed by atoms with Crippen LogP contribution in [0.2, 0.25) is 0 Å². The molecule has 0 aliphatic carbocycles. The number of fused-ring (bicyclic) bond motifs is 2. The van der Waals surface area contributed by atoms with Gasteiger partial charge in [-0.1, -0.05) is 78.9 Å². The average molecular weight is 855 g/mol. The Bertz CT molecular complexity index is 2830. The normalized spacial score (nSPS) is 16.5. The number of imidazole rings is 1. The molecule has 2 aliphatic rings. The van der Waals surface area contributed by atoms with Crippen molar-refractivity contribution >= 4 is 40.3 Å². The van der Waals surface area contributed by atoms with E-state index in [4.69, 9.17) is 0 Å². The lowest BCUT2D eigenvalue weighted by Gasteiger charge is -2.55. The summed E-state index contributed by atoms with van der Waals surface area (Å²) in [6.45, 7) is 4.57. The monoisotopic (exact) mass is 854 g/mol. The van der Waals surface area contributed by atoms with E-state index in [-0.39, 0.29) is 62.6 Å². The molecule has 2 fully saturated rings. The minimum Gasteiger partial charge on any atom is -0.508 e. The second-order valence-corrected chi connectivity index (χ2v) is 15.9. The van der Waals surface area contributed by atoms with Gasteiger partial charge in [0, 0.05) is 74.5 Å². The Balaban J connectivity index is 0.991. The minimum atomic E-state index is -0.925. The van der Waals surface area contributed by atoms with Crippen LogP contribution >= 0.6 is 0 Å². The number of benzene rings is 4. The predicted molar refractivity (Wildman–Crippen MR) is 242 cm³/mol. The number of aryl methyl sites for hydroxylation is 1. The Morgan fingerprint density at radius 3 is 2.44 bits per heavy atom. The van der Waals surface area contributed by atoms with Gasteiger partial charge in [0.05, 0.1) is 24.2 Å². The highest BCUT2D eigenvalue weighted by molar-refractivity contribution is 6.04. The maximum Gasteiger partial charge on any atom is 0.334 e. The van der Waals surface area contributed by atoms with E-state index in [0.29, 0.717) is 17.1 Å². The highest BCUT2D eigenvalue weighted by Crippen LogP contribution is 2.35. The number of nitrogens with zero attached hydrogens (tertiary/aromatic N) is 8. The SMILES string of the molecule is C=CCN1CC(=O)N2[C@@H](Cc3ccc(O)cc3)C(=O)N(Cc3cccc4c(-c5ccc(NC(=O)c6ccc(-n7ccnc7)nc6)cc5)cn(C)c34)C[C@@H]2N1C(=O)NCc1ccccc1. The number of aromatic nitrogens is 4. The number of nitrogens with one attached hydrogen (secondary N) is 2. The average Bonchev–Trinajstić information content (AvgIpc) is 3.97. The quantitative estimate of drug-likeness (QED) is 0.124. The second-order valence-electron chi connectivity index (χ2n) is 15.9. The first-order valence-electron chi connectivity index (χ1n) is 20.9. The van der Waals surface area contributed by atoms with Crippen molar-refractivity contribution in [1.82, 2.24) is 44.2 Å². The number of amides is 5. The fourth-order valence-corrected chi connectivity index (χ4v) is 8.67. The van der Waals surface area contributed by atoms with Gasteiger partial charge in [0.25, 0.3) is 5.91 Å². The lowest BCUT2D eigenvalue weighted by molar-refractivity contribution is -0.189. The van der Waals surface area contributed by atoms with Gasteiger partial charge < -0.3 is 30.1 Å². The number of piperazine rings is 1. The number of rotatable bonds is 12. The smallest absolute Gasteiger partial charge is 0.334 e. The summed E-state index contributed by atoms with van der Waals surface area (Å²) in [7, 11) is 1.97. The van der Waals surface area contributed by atoms with Gasteiger partial charge in [-0.05, 0) is 58.7 Å². The zero-order valence-corrected chi connectivity index (χ0v) is 35.1. The van der Waals surface area contributed by atoms with Gasteiger partial charge >= 0.3 is 6.03 Å². The van der Waals surface area contributed by atoms with E-state index >= 15 is 0 Å². The number of para-hydroxylation sites is 1. The molecule has 9 rings (SSSR count). The van der Waals surface area contributed by atoms with Crippen molar-refractivity contribution in [1.29, 1.82) is 0 Å². The molecule has 4 aromatic carbocycles. The van der Waals surface area contributed by atoms with Crippen LogP contribution in [0.25, 0.3) is 27.8 Å². The van der Waals surface area contributed by atoms with Gasteiger partial charge in [-0.3, -0.25) is 19.0 Å². The first-order chi connectivity index (χ1) is 31.1. The Labute approximate surface area is 369 Å². The van der Waals surface area contributed by atoms with Gasteiger partial charge in [-0.25, -0.2) is 24.8 Å². The van der Waals surface area contributed by atoms with Gasteiger partial charge in [-0.2, -0.15) is 0 Å². The molecule has 3 aromatic heterocycles. The van der Waals surface area contributed by atoms with Crippen molar-refractivity contribution in [2.75, 3.05) is 25.0 Å². The summed E-state index contributed by atoms with van der Waals surface area (Å²) < 4.78 is 3.80. The standard InChI is InChI=1S/C49H46N10O5/c1-3-23-57-31-45(61)58-42(25-33-12-19-39(60)20-13-33)48(63)56(30-44(58)59(57)49(64)52-26-34-8-5-4-6-9-34)28-37-10-7-11-40-41(29-54(2)46(37)40)35-14-17-38(18-15-35)53-47(62)36-16-21-43(51-27-36)55-24-22-50-32-55/h3-22,24,27,29,32,42,44,60H,1,23,25-26,28,30-31H2,2H3,(H,52,64)(H,53,62)/t42-,44-/m0/s1. The summed E-state index contributed by atoms with van der Waals surface area (Å²) in [5.74, 6) is -0.0488. The number of anilines is 1. The molecule has 3 N–H and O–H groups in total. The third-order valence-electron chi connectivity index (χ3n) is 11.7. The van der Waals surface area contributed by atoms with Crippen LogP contribution in [0.15, 0.2) is 153 Å². The van der Waals surface area contributed by atoms with Crippen LogP contribution in [-0.2, 0) is 36.1 Å². The minimum absolute atomic E-state index is 0.0642. The summed E-state index contributed by atoms with van der Waals surface area (Å²) >= 11 is 0. The number of carbonyl (C=O) groups excluding carboxylic acids is 4. The Hall–Kier alpha value is -8.04. The topological polar surface area (TPSA) is 161 Å². The number of hydrazine groups is 1. The molecule has 322 valence electrons. The molecule has 7 aromatic rings. The summed E-state index contributed by atoms with van der Waals surface area (Å²) in [5.41, 5.74) is 6.45. The Kier molecular flexibility index (Phi) is 11.5. The molecule has 0 saturated carbocycles. The van der Waals surface area contributed by atoms with E-state index in [1.54, 1.807) is 85.6 Å². The van der Waals surface area contributed by atoms with E-state index in [0.717, 1.165) is 38.7 Å². The summed E-state index contributed by atoms with van der Waals surface area (Å²) in [5, 5.41) is 20.2. The summed E-state index contributed by atoms with van der Waals surface area (Å²) in [6.07, 6.45) is 9.68. The zero-order chi connectivity index (χ0) is 44.3. The van der Waals surface area contributed by atoms with Crippen LogP contribution in [-0.4, -0.2) is 99.6 Å². The molecular formula is C49H46N10O5. The Morgan fingerprint density at radius 2 is 1.72 bits per heavy atom. The highest BCUT2D eigenvalue weighted by Gasteiger charge is 2.51. The number of phenols is 1. The molecule has 5 amide bonds. The predicted octanol–water partition coefficient (Wildman–Crippen LogP) is 6.12. The van der Waals surface area contributed by atoms with Gasteiger partial charge in [0.2, 0.25) is 11.8 Å². The summed E-state index contributed by atoms with van der Waals surface area (Å²) in [4.78, 5) is 68.0. The number of hydrogen-bond acceptors (Lipinski definition) is 8. The van der Waals surface area contributed by atoms with Crippen molar-refractivity contribution in [3.8, 4) is 22.7 Å². The number of hydrogen-bond donors (Lipinski definition) is 3. The second kappa shape index (κ2) is 17.7. The molecule has 15 nitrogen and oxygen atoms in total. The highest BCUT2D eigenvalue weighted by atomic mass is 16.3.